The van der Waals surface area contributed by atoms with E-state index in [1.807, 2.05) is 0 Å². The lowest BCUT2D eigenvalue weighted by Gasteiger charge is -2.19. The van der Waals surface area contributed by atoms with Crippen LogP contribution in [-0.2, 0) is 17.6 Å². The van der Waals surface area contributed by atoms with Crippen LogP contribution in [0.3, 0.4) is 0 Å². The predicted octanol–water partition coefficient (Wildman–Crippen LogP) is 2.75. The highest BCUT2D eigenvalue weighted by Crippen LogP contribution is 2.49. The van der Waals surface area contributed by atoms with Crippen LogP contribution >= 0.6 is 0 Å². The van der Waals surface area contributed by atoms with Crippen molar-refractivity contribution in [2.24, 2.45) is 5.92 Å². The third-order valence-electron chi connectivity index (χ3n) is 3.94. The SMILES string of the molecule is O=C(O)[C@@H]1C[C@H]1c1cccc2c1CCCC2. The Morgan fingerprint density at radius 3 is 2.81 bits per heavy atom. The first-order valence-electron chi connectivity index (χ1n) is 6.11. The zero-order valence-corrected chi connectivity index (χ0v) is 9.28. The molecule has 0 radical (unpaired) electrons. The second kappa shape index (κ2) is 3.62. The van der Waals surface area contributed by atoms with Crippen molar-refractivity contribution in [1.29, 1.82) is 0 Å². The van der Waals surface area contributed by atoms with Gasteiger partial charge in [0, 0.05) is 0 Å². The summed E-state index contributed by atoms with van der Waals surface area (Å²) in [6.07, 6.45) is 5.70. The normalized spacial score (nSPS) is 27.2. The maximum absolute atomic E-state index is 10.9. The summed E-state index contributed by atoms with van der Waals surface area (Å²) >= 11 is 0. The molecule has 1 aromatic carbocycles. The molecule has 0 bridgehead atoms. The Balaban J connectivity index is 1.93. The number of fused-ring (bicyclic) bond motifs is 1. The first kappa shape index (κ1) is 9.88. The zero-order chi connectivity index (χ0) is 11.1. The summed E-state index contributed by atoms with van der Waals surface area (Å²) < 4.78 is 0. The van der Waals surface area contributed by atoms with Crippen molar-refractivity contribution in [3.63, 3.8) is 0 Å². The number of aryl methyl sites for hydroxylation is 1. The van der Waals surface area contributed by atoms with E-state index in [1.165, 1.54) is 36.0 Å². The second-order valence-electron chi connectivity index (χ2n) is 4.98. The molecule has 2 aliphatic rings. The van der Waals surface area contributed by atoms with E-state index in [0.29, 0.717) is 5.92 Å². The van der Waals surface area contributed by atoms with Gasteiger partial charge >= 0.3 is 5.97 Å². The van der Waals surface area contributed by atoms with Crippen molar-refractivity contribution in [2.45, 2.75) is 38.0 Å². The minimum absolute atomic E-state index is 0.117. The molecule has 2 atom stereocenters. The molecule has 0 saturated heterocycles. The zero-order valence-electron chi connectivity index (χ0n) is 9.28. The third kappa shape index (κ3) is 1.53. The summed E-state index contributed by atoms with van der Waals surface area (Å²) in [5.41, 5.74) is 4.24. The van der Waals surface area contributed by atoms with Gasteiger partial charge in [0.2, 0.25) is 0 Å². The molecule has 0 aromatic heterocycles. The number of rotatable bonds is 2. The molecular weight excluding hydrogens is 200 g/mol. The Bertz CT molecular complexity index is 436. The van der Waals surface area contributed by atoms with Gasteiger partial charge in [0.15, 0.2) is 0 Å². The van der Waals surface area contributed by atoms with Crippen LogP contribution in [0, 0.1) is 5.92 Å². The number of benzene rings is 1. The maximum Gasteiger partial charge on any atom is 0.307 e. The summed E-state index contributed by atoms with van der Waals surface area (Å²) in [6, 6.07) is 6.44. The Kier molecular flexibility index (Phi) is 2.23. The summed E-state index contributed by atoms with van der Waals surface area (Å²) in [6.45, 7) is 0. The van der Waals surface area contributed by atoms with Crippen LogP contribution in [0.5, 0.6) is 0 Å². The topological polar surface area (TPSA) is 37.3 Å². The van der Waals surface area contributed by atoms with E-state index in [1.54, 1.807) is 0 Å². The van der Waals surface area contributed by atoms with E-state index >= 15 is 0 Å². The molecule has 84 valence electrons. The number of carbonyl (C=O) groups is 1. The Morgan fingerprint density at radius 2 is 2.06 bits per heavy atom. The fourth-order valence-corrected chi connectivity index (χ4v) is 2.97. The van der Waals surface area contributed by atoms with Crippen LogP contribution in [0.25, 0.3) is 0 Å². The lowest BCUT2D eigenvalue weighted by molar-refractivity contribution is -0.138. The predicted molar refractivity (Wildman–Crippen MR) is 61.6 cm³/mol. The molecular formula is C14H16O2. The van der Waals surface area contributed by atoms with Crippen LogP contribution in [-0.4, -0.2) is 11.1 Å². The summed E-state index contributed by atoms with van der Waals surface area (Å²) in [5, 5.41) is 8.99. The van der Waals surface area contributed by atoms with Crippen molar-refractivity contribution in [3.8, 4) is 0 Å². The van der Waals surface area contributed by atoms with Gasteiger partial charge in [-0.15, -0.1) is 0 Å². The number of carboxylic acid groups (broad SMARTS) is 1. The van der Waals surface area contributed by atoms with Crippen LogP contribution in [0.4, 0.5) is 0 Å². The third-order valence-corrected chi connectivity index (χ3v) is 3.94. The van der Waals surface area contributed by atoms with E-state index in [-0.39, 0.29) is 5.92 Å². The maximum atomic E-state index is 10.9. The molecule has 2 aliphatic carbocycles. The molecule has 0 heterocycles. The summed E-state index contributed by atoms with van der Waals surface area (Å²) in [7, 11) is 0. The molecule has 0 amide bonds. The monoisotopic (exact) mass is 216 g/mol. The van der Waals surface area contributed by atoms with E-state index in [0.717, 1.165) is 12.8 Å². The molecule has 1 saturated carbocycles. The van der Waals surface area contributed by atoms with Crippen molar-refractivity contribution < 1.29 is 9.90 Å². The van der Waals surface area contributed by atoms with Gasteiger partial charge in [0.25, 0.3) is 0 Å². The van der Waals surface area contributed by atoms with Crippen molar-refractivity contribution in [3.05, 3.63) is 34.9 Å². The van der Waals surface area contributed by atoms with E-state index in [9.17, 15) is 4.79 Å². The van der Waals surface area contributed by atoms with E-state index in [4.69, 9.17) is 5.11 Å². The molecule has 2 nitrogen and oxygen atoms in total. The van der Waals surface area contributed by atoms with Crippen molar-refractivity contribution >= 4 is 5.97 Å². The van der Waals surface area contributed by atoms with Crippen LogP contribution in [0.1, 0.15) is 41.9 Å². The van der Waals surface area contributed by atoms with Gasteiger partial charge in [0.1, 0.15) is 0 Å². The first-order chi connectivity index (χ1) is 7.77. The molecule has 0 aliphatic heterocycles. The highest BCUT2D eigenvalue weighted by molar-refractivity contribution is 5.75. The van der Waals surface area contributed by atoms with Gasteiger partial charge in [-0.2, -0.15) is 0 Å². The second-order valence-corrected chi connectivity index (χ2v) is 4.98. The van der Waals surface area contributed by atoms with E-state index in [2.05, 4.69) is 18.2 Å². The molecule has 16 heavy (non-hydrogen) atoms. The largest absolute Gasteiger partial charge is 0.481 e. The van der Waals surface area contributed by atoms with Crippen molar-refractivity contribution in [2.75, 3.05) is 0 Å². The average molecular weight is 216 g/mol. The Morgan fingerprint density at radius 1 is 1.25 bits per heavy atom. The highest BCUT2D eigenvalue weighted by atomic mass is 16.4. The molecule has 1 fully saturated rings. The number of hydrogen-bond donors (Lipinski definition) is 1. The van der Waals surface area contributed by atoms with Crippen LogP contribution in [0.15, 0.2) is 18.2 Å². The smallest absolute Gasteiger partial charge is 0.307 e. The lowest BCUT2D eigenvalue weighted by Crippen LogP contribution is -2.07. The van der Waals surface area contributed by atoms with Crippen LogP contribution < -0.4 is 0 Å². The Hall–Kier alpha value is -1.31. The minimum atomic E-state index is -0.626. The molecule has 0 spiro atoms. The van der Waals surface area contributed by atoms with Gasteiger partial charge in [-0.1, -0.05) is 18.2 Å². The van der Waals surface area contributed by atoms with Gasteiger partial charge in [-0.05, 0) is 54.7 Å². The average Bonchev–Trinajstić information content (AvgIpc) is 3.08. The fourth-order valence-electron chi connectivity index (χ4n) is 2.97. The summed E-state index contributed by atoms with van der Waals surface area (Å²) in [5.74, 6) is -0.447. The minimum Gasteiger partial charge on any atom is -0.481 e. The molecule has 2 heteroatoms. The number of aliphatic carboxylic acids is 1. The quantitative estimate of drug-likeness (QED) is 0.825. The molecule has 0 unspecified atom stereocenters. The van der Waals surface area contributed by atoms with Gasteiger partial charge in [-0.25, -0.2) is 0 Å². The standard InChI is InChI=1S/C14H16O2/c15-14(16)13-8-12(13)11-7-3-5-9-4-1-2-6-10(9)11/h3,5,7,12-13H,1-2,4,6,8H2,(H,15,16)/t12-,13+/m0/s1. The van der Waals surface area contributed by atoms with Crippen LogP contribution in [0.2, 0.25) is 0 Å². The first-order valence-corrected chi connectivity index (χ1v) is 6.11. The number of hydrogen-bond acceptors (Lipinski definition) is 1. The van der Waals surface area contributed by atoms with E-state index < -0.39 is 5.97 Å². The van der Waals surface area contributed by atoms with Crippen molar-refractivity contribution in [1.82, 2.24) is 0 Å². The van der Waals surface area contributed by atoms with Gasteiger partial charge < -0.3 is 5.11 Å². The van der Waals surface area contributed by atoms with Gasteiger partial charge in [-0.3, -0.25) is 4.79 Å². The highest BCUT2D eigenvalue weighted by Gasteiger charge is 2.45. The summed E-state index contributed by atoms with van der Waals surface area (Å²) in [4.78, 5) is 10.9. The number of carboxylic acids is 1. The lowest BCUT2D eigenvalue weighted by atomic mass is 9.86. The van der Waals surface area contributed by atoms with Gasteiger partial charge in [0.05, 0.1) is 5.92 Å². The molecule has 3 rings (SSSR count). The fraction of sp³-hybridized carbons (Fsp3) is 0.500. The Labute approximate surface area is 95.3 Å². The molecule has 1 aromatic rings. The molecule has 1 N–H and O–H groups in total.